The van der Waals surface area contributed by atoms with E-state index in [1.54, 1.807) is 36.3 Å². The standard InChI is InChI=1S/C18H22N2O5/c1-25-13-7-5-12(6-8-13)20-10-11(9-16(20)21)17(22)19-15-4-2-3-14(15)18(23)24/h5-8,11,14-15H,2-4,9-10H2,1H3,(H,19,22)(H,23,24)/t11?,14-,15+/m0/s1. The third-order valence-corrected chi connectivity index (χ3v) is 5.04. The van der Waals surface area contributed by atoms with Crippen molar-refractivity contribution in [2.45, 2.75) is 31.7 Å². The van der Waals surface area contributed by atoms with E-state index >= 15 is 0 Å². The fourth-order valence-corrected chi connectivity index (χ4v) is 3.62. The fourth-order valence-electron chi connectivity index (χ4n) is 3.62. The Morgan fingerprint density at radius 3 is 2.60 bits per heavy atom. The van der Waals surface area contributed by atoms with Crippen LogP contribution in [0.5, 0.6) is 5.75 Å². The van der Waals surface area contributed by atoms with Crippen LogP contribution in [0.15, 0.2) is 24.3 Å². The van der Waals surface area contributed by atoms with Gasteiger partial charge in [0.05, 0.1) is 18.9 Å². The van der Waals surface area contributed by atoms with E-state index in [4.69, 9.17) is 4.74 Å². The van der Waals surface area contributed by atoms with Crippen LogP contribution in [0, 0.1) is 11.8 Å². The molecule has 0 bridgehead atoms. The number of hydrogen-bond acceptors (Lipinski definition) is 4. The van der Waals surface area contributed by atoms with Crippen molar-refractivity contribution in [2.75, 3.05) is 18.6 Å². The number of methoxy groups -OCH3 is 1. The van der Waals surface area contributed by atoms with Crippen molar-refractivity contribution in [3.8, 4) is 5.75 Å². The molecule has 25 heavy (non-hydrogen) atoms. The van der Waals surface area contributed by atoms with E-state index in [1.807, 2.05) is 0 Å². The van der Waals surface area contributed by atoms with Crippen LogP contribution in [0.3, 0.4) is 0 Å². The third-order valence-electron chi connectivity index (χ3n) is 5.04. The van der Waals surface area contributed by atoms with Crippen LogP contribution in [-0.4, -0.2) is 42.6 Å². The SMILES string of the molecule is COc1ccc(N2CC(C(=O)N[C@@H]3CCC[C@@H]3C(=O)O)CC2=O)cc1. The second-order valence-corrected chi connectivity index (χ2v) is 6.59. The predicted molar refractivity (Wildman–Crippen MR) is 90.4 cm³/mol. The van der Waals surface area contributed by atoms with Crippen molar-refractivity contribution in [1.29, 1.82) is 0 Å². The van der Waals surface area contributed by atoms with Gasteiger partial charge < -0.3 is 20.1 Å². The molecule has 1 saturated heterocycles. The van der Waals surface area contributed by atoms with Gasteiger partial charge in [-0.25, -0.2) is 0 Å². The number of hydrogen-bond donors (Lipinski definition) is 2. The number of nitrogens with zero attached hydrogens (tertiary/aromatic N) is 1. The monoisotopic (exact) mass is 346 g/mol. The Hall–Kier alpha value is -2.57. The van der Waals surface area contributed by atoms with Crippen LogP contribution < -0.4 is 15.0 Å². The van der Waals surface area contributed by atoms with Crippen molar-refractivity contribution >= 4 is 23.5 Å². The van der Waals surface area contributed by atoms with Crippen molar-refractivity contribution in [2.24, 2.45) is 11.8 Å². The first kappa shape index (κ1) is 17.3. The second kappa shape index (κ2) is 7.13. The lowest BCUT2D eigenvalue weighted by molar-refractivity contribution is -0.142. The molecular formula is C18H22N2O5. The van der Waals surface area contributed by atoms with E-state index in [0.29, 0.717) is 25.1 Å². The van der Waals surface area contributed by atoms with Gasteiger partial charge >= 0.3 is 5.97 Å². The molecule has 1 aliphatic carbocycles. The lowest BCUT2D eigenvalue weighted by Gasteiger charge is -2.20. The van der Waals surface area contributed by atoms with Crippen molar-refractivity contribution in [3.05, 3.63) is 24.3 Å². The molecule has 1 aromatic carbocycles. The Morgan fingerprint density at radius 1 is 1.24 bits per heavy atom. The van der Waals surface area contributed by atoms with E-state index < -0.39 is 17.8 Å². The van der Waals surface area contributed by atoms with Crippen LogP contribution in [0.25, 0.3) is 0 Å². The highest BCUT2D eigenvalue weighted by atomic mass is 16.5. The average Bonchev–Trinajstić information content (AvgIpc) is 3.21. The number of carbonyl (C=O) groups is 3. The average molecular weight is 346 g/mol. The number of rotatable bonds is 5. The Morgan fingerprint density at radius 2 is 1.96 bits per heavy atom. The van der Waals surface area contributed by atoms with Crippen molar-refractivity contribution < 1.29 is 24.2 Å². The summed E-state index contributed by atoms with van der Waals surface area (Å²) in [5.41, 5.74) is 0.727. The van der Waals surface area contributed by atoms with E-state index in [-0.39, 0.29) is 24.3 Å². The molecule has 2 N–H and O–H groups in total. The van der Waals surface area contributed by atoms with Crippen molar-refractivity contribution in [1.82, 2.24) is 5.32 Å². The molecule has 2 amide bonds. The smallest absolute Gasteiger partial charge is 0.308 e. The molecule has 2 fully saturated rings. The largest absolute Gasteiger partial charge is 0.497 e. The third kappa shape index (κ3) is 3.60. The molecule has 7 heteroatoms. The van der Waals surface area contributed by atoms with E-state index in [1.165, 1.54) is 0 Å². The predicted octanol–water partition coefficient (Wildman–Crippen LogP) is 1.42. The van der Waals surface area contributed by atoms with Crippen LogP contribution >= 0.6 is 0 Å². The fraction of sp³-hybridized carbons (Fsp3) is 0.500. The summed E-state index contributed by atoms with van der Waals surface area (Å²) in [6.07, 6.45) is 2.19. The van der Waals surface area contributed by atoms with Crippen LogP contribution in [0.1, 0.15) is 25.7 Å². The van der Waals surface area contributed by atoms with Gasteiger partial charge in [-0.3, -0.25) is 14.4 Å². The minimum atomic E-state index is -0.870. The Kier molecular flexibility index (Phi) is 4.92. The van der Waals surface area contributed by atoms with Gasteiger partial charge in [0.2, 0.25) is 11.8 Å². The summed E-state index contributed by atoms with van der Waals surface area (Å²) in [6, 6.07) is 6.77. The first-order valence-electron chi connectivity index (χ1n) is 8.47. The molecular weight excluding hydrogens is 324 g/mol. The zero-order valence-electron chi connectivity index (χ0n) is 14.1. The molecule has 1 aromatic rings. The number of benzene rings is 1. The minimum absolute atomic E-state index is 0.105. The molecule has 1 unspecified atom stereocenters. The summed E-state index contributed by atoms with van der Waals surface area (Å²) >= 11 is 0. The maximum Gasteiger partial charge on any atom is 0.308 e. The van der Waals surface area contributed by atoms with Crippen molar-refractivity contribution in [3.63, 3.8) is 0 Å². The van der Waals surface area contributed by atoms with Gasteiger partial charge in [-0.05, 0) is 37.1 Å². The molecule has 1 saturated carbocycles. The maximum atomic E-state index is 12.5. The van der Waals surface area contributed by atoms with Gasteiger partial charge in [-0.1, -0.05) is 6.42 Å². The molecule has 1 aliphatic heterocycles. The molecule has 1 heterocycles. The number of ether oxygens (including phenoxy) is 1. The highest BCUT2D eigenvalue weighted by Gasteiger charge is 2.39. The molecule has 7 nitrogen and oxygen atoms in total. The molecule has 0 aromatic heterocycles. The van der Waals surface area contributed by atoms with Gasteiger partial charge in [-0.15, -0.1) is 0 Å². The van der Waals surface area contributed by atoms with Crippen LogP contribution in [0.2, 0.25) is 0 Å². The molecule has 0 radical (unpaired) electrons. The Bertz CT molecular complexity index is 673. The molecule has 3 atom stereocenters. The lowest BCUT2D eigenvalue weighted by atomic mass is 10.0. The first-order valence-corrected chi connectivity index (χ1v) is 8.47. The molecule has 2 aliphatic rings. The molecule has 134 valence electrons. The summed E-state index contributed by atoms with van der Waals surface area (Å²) < 4.78 is 5.11. The lowest BCUT2D eigenvalue weighted by Crippen LogP contribution is -2.43. The number of amides is 2. The summed E-state index contributed by atoms with van der Waals surface area (Å²) in [5.74, 6) is -1.49. The molecule has 0 spiro atoms. The highest BCUT2D eigenvalue weighted by molar-refractivity contribution is 6.00. The number of carboxylic acids is 1. The van der Waals surface area contributed by atoms with Gasteiger partial charge in [0, 0.05) is 24.7 Å². The maximum absolute atomic E-state index is 12.5. The number of anilines is 1. The zero-order chi connectivity index (χ0) is 18.0. The summed E-state index contributed by atoms with van der Waals surface area (Å²) in [4.78, 5) is 37.6. The normalized spacial score (nSPS) is 25.9. The quantitative estimate of drug-likeness (QED) is 0.840. The van der Waals surface area contributed by atoms with Gasteiger partial charge in [0.15, 0.2) is 0 Å². The number of carbonyl (C=O) groups excluding carboxylic acids is 2. The van der Waals surface area contributed by atoms with Crippen LogP contribution in [-0.2, 0) is 14.4 Å². The first-order chi connectivity index (χ1) is 12.0. The second-order valence-electron chi connectivity index (χ2n) is 6.59. The van der Waals surface area contributed by atoms with Gasteiger partial charge in [0.25, 0.3) is 0 Å². The van der Waals surface area contributed by atoms with E-state index in [2.05, 4.69) is 5.32 Å². The summed E-state index contributed by atoms with van der Waals surface area (Å²) in [6.45, 7) is 0.307. The Balaban J connectivity index is 1.63. The number of nitrogens with one attached hydrogen (secondary N) is 1. The van der Waals surface area contributed by atoms with E-state index in [9.17, 15) is 19.5 Å². The minimum Gasteiger partial charge on any atom is -0.497 e. The highest BCUT2D eigenvalue weighted by Crippen LogP contribution is 2.29. The number of carboxylic acid groups (broad SMARTS) is 1. The van der Waals surface area contributed by atoms with Crippen LogP contribution in [0.4, 0.5) is 5.69 Å². The Labute approximate surface area is 146 Å². The zero-order valence-corrected chi connectivity index (χ0v) is 14.1. The summed E-state index contributed by atoms with van der Waals surface area (Å²) in [5, 5.41) is 12.1. The summed E-state index contributed by atoms with van der Waals surface area (Å²) in [7, 11) is 1.57. The topological polar surface area (TPSA) is 95.9 Å². The van der Waals surface area contributed by atoms with Gasteiger partial charge in [-0.2, -0.15) is 0 Å². The van der Waals surface area contributed by atoms with E-state index in [0.717, 1.165) is 12.1 Å². The van der Waals surface area contributed by atoms with Gasteiger partial charge in [0.1, 0.15) is 5.75 Å². The molecule has 3 rings (SSSR count). The number of aliphatic carboxylic acids is 1.